The Bertz CT molecular complexity index is 708. The zero-order chi connectivity index (χ0) is 16.4. The lowest BCUT2D eigenvalue weighted by Crippen LogP contribution is -2.51. The first-order valence-corrected chi connectivity index (χ1v) is 8.86. The summed E-state index contributed by atoms with van der Waals surface area (Å²) in [5, 5.41) is 4.32. The molecule has 2 fully saturated rings. The highest BCUT2D eigenvalue weighted by molar-refractivity contribution is 6.00. The van der Waals surface area contributed by atoms with Crippen molar-refractivity contribution < 1.29 is 9.53 Å². The van der Waals surface area contributed by atoms with Crippen LogP contribution in [0.15, 0.2) is 30.6 Å². The van der Waals surface area contributed by atoms with Gasteiger partial charge in [0.05, 0.1) is 30.5 Å². The number of morpholine rings is 1. The number of aromatic nitrogens is 2. The second kappa shape index (κ2) is 6.91. The molecular weight excluding hydrogens is 304 g/mol. The Labute approximate surface area is 142 Å². The molecule has 4 rings (SSSR count). The van der Waals surface area contributed by atoms with E-state index < -0.39 is 0 Å². The molecule has 0 saturated carbocycles. The molecule has 1 amide bonds. The minimum Gasteiger partial charge on any atom is -0.379 e. The number of piperidine rings is 1. The molecule has 128 valence electrons. The Kier molecular flexibility index (Phi) is 4.49. The van der Waals surface area contributed by atoms with Gasteiger partial charge in [0, 0.05) is 38.4 Å². The predicted molar refractivity (Wildman–Crippen MR) is 91.1 cm³/mol. The van der Waals surface area contributed by atoms with Gasteiger partial charge in [-0.1, -0.05) is 6.07 Å². The normalized spacial score (nSPS) is 22.8. The molecule has 2 aromatic rings. The Balaban J connectivity index is 1.54. The van der Waals surface area contributed by atoms with Gasteiger partial charge in [0.2, 0.25) is 0 Å². The van der Waals surface area contributed by atoms with E-state index in [0.29, 0.717) is 11.6 Å². The third-order valence-electron chi connectivity index (χ3n) is 5.12. The fourth-order valence-corrected chi connectivity index (χ4v) is 3.79. The SMILES string of the molecule is O=C(c1cnn2ccccc12)N1CCCCC1CN1CCOCC1. The van der Waals surface area contributed by atoms with Crippen molar-refractivity contribution in [2.24, 2.45) is 0 Å². The summed E-state index contributed by atoms with van der Waals surface area (Å²) in [5.74, 6) is 0.120. The van der Waals surface area contributed by atoms with E-state index in [-0.39, 0.29) is 5.91 Å². The van der Waals surface area contributed by atoms with Crippen LogP contribution in [0, 0.1) is 0 Å². The Morgan fingerprint density at radius 1 is 1.21 bits per heavy atom. The number of rotatable bonds is 3. The maximum absolute atomic E-state index is 13.2. The maximum Gasteiger partial charge on any atom is 0.257 e. The third-order valence-corrected chi connectivity index (χ3v) is 5.12. The molecule has 0 radical (unpaired) electrons. The van der Waals surface area contributed by atoms with Gasteiger partial charge in [-0.25, -0.2) is 4.52 Å². The number of fused-ring (bicyclic) bond motifs is 1. The summed E-state index contributed by atoms with van der Waals surface area (Å²) in [6.07, 6.45) is 6.96. The molecule has 1 unspecified atom stereocenters. The van der Waals surface area contributed by atoms with E-state index in [1.807, 2.05) is 24.4 Å². The van der Waals surface area contributed by atoms with Crippen molar-refractivity contribution in [3.63, 3.8) is 0 Å². The van der Waals surface area contributed by atoms with E-state index in [1.165, 1.54) is 6.42 Å². The molecule has 2 aliphatic heterocycles. The number of ether oxygens (including phenoxy) is 1. The smallest absolute Gasteiger partial charge is 0.257 e. The van der Waals surface area contributed by atoms with Crippen molar-refractivity contribution in [2.75, 3.05) is 39.4 Å². The third kappa shape index (κ3) is 3.03. The first-order valence-electron chi connectivity index (χ1n) is 8.86. The molecule has 0 bridgehead atoms. The Morgan fingerprint density at radius 3 is 2.96 bits per heavy atom. The molecule has 2 aliphatic rings. The van der Waals surface area contributed by atoms with Crippen LogP contribution >= 0.6 is 0 Å². The van der Waals surface area contributed by atoms with Crippen LogP contribution in [-0.2, 0) is 4.74 Å². The summed E-state index contributed by atoms with van der Waals surface area (Å²) in [4.78, 5) is 17.7. The van der Waals surface area contributed by atoms with E-state index in [4.69, 9.17) is 4.74 Å². The average Bonchev–Trinajstić information content (AvgIpc) is 3.07. The van der Waals surface area contributed by atoms with Crippen molar-refractivity contribution in [3.05, 3.63) is 36.2 Å². The number of hydrogen-bond acceptors (Lipinski definition) is 4. The van der Waals surface area contributed by atoms with Gasteiger partial charge in [0.1, 0.15) is 0 Å². The van der Waals surface area contributed by atoms with Crippen molar-refractivity contribution >= 4 is 11.4 Å². The van der Waals surface area contributed by atoms with Crippen molar-refractivity contribution in [2.45, 2.75) is 25.3 Å². The van der Waals surface area contributed by atoms with E-state index in [2.05, 4.69) is 14.9 Å². The topological polar surface area (TPSA) is 50.1 Å². The lowest BCUT2D eigenvalue weighted by atomic mass is 10.00. The standard InChI is InChI=1S/C18H24N4O2/c23-18(16-13-19-22-8-4-2-6-17(16)22)21-7-3-1-5-15(21)14-20-9-11-24-12-10-20/h2,4,6,8,13,15H,1,3,5,7,9-12,14H2. The number of hydrogen-bond donors (Lipinski definition) is 0. The van der Waals surface area contributed by atoms with Crippen LogP contribution in [0.1, 0.15) is 29.6 Å². The number of amides is 1. The van der Waals surface area contributed by atoms with Gasteiger partial charge in [-0.3, -0.25) is 9.69 Å². The molecule has 0 aromatic carbocycles. The fourth-order valence-electron chi connectivity index (χ4n) is 3.79. The largest absolute Gasteiger partial charge is 0.379 e. The molecule has 1 atom stereocenters. The summed E-state index contributed by atoms with van der Waals surface area (Å²) < 4.78 is 7.21. The molecule has 4 heterocycles. The summed E-state index contributed by atoms with van der Waals surface area (Å²) in [6.45, 7) is 5.33. The van der Waals surface area contributed by atoms with E-state index in [9.17, 15) is 4.79 Å². The van der Waals surface area contributed by atoms with Crippen molar-refractivity contribution in [1.82, 2.24) is 19.4 Å². The van der Waals surface area contributed by atoms with Gasteiger partial charge in [0.25, 0.3) is 5.91 Å². The molecule has 0 aliphatic carbocycles. The summed E-state index contributed by atoms with van der Waals surface area (Å²) in [5.41, 5.74) is 1.60. The monoisotopic (exact) mass is 328 g/mol. The van der Waals surface area contributed by atoms with Gasteiger partial charge < -0.3 is 9.64 Å². The van der Waals surface area contributed by atoms with Crippen LogP contribution in [0.3, 0.4) is 0 Å². The second-order valence-corrected chi connectivity index (χ2v) is 6.65. The van der Waals surface area contributed by atoms with Gasteiger partial charge in [-0.05, 0) is 31.4 Å². The molecule has 6 nitrogen and oxygen atoms in total. The highest BCUT2D eigenvalue weighted by Crippen LogP contribution is 2.22. The van der Waals surface area contributed by atoms with E-state index in [0.717, 1.165) is 57.8 Å². The highest BCUT2D eigenvalue weighted by Gasteiger charge is 2.30. The van der Waals surface area contributed by atoms with Crippen LogP contribution in [0.25, 0.3) is 5.52 Å². The average molecular weight is 328 g/mol. The maximum atomic E-state index is 13.2. The molecule has 2 aromatic heterocycles. The molecular formula is C18H24N4O2. The first kappa shape index (κ1) is 15.6. The zero-order valence-corrected chi connectivity index (χ0v) is 13.9. The van der Waals surface area contributed by atoms with E-state index in [1.54, 1.807) is 10.7 Å². The minimum absolute atomic E-state index is 0.120. The quantitative estimate of drug-likeness (QED) is 0.860. The zero-order valence-electron chi connectivity index (χ0n) is 13.9. The van der Waals surface area contributed by atoms with Gasteiger partial charge in [0.15, 0.2) is 0 Å². The number of likely N-dealkylation sites (tertiary alicyclic amines) is 1. The van der Waals surface area contributed by atoms with Crippen LogP contribution < -0.4 is 0 Å². The van der Waals surface area contributed by atoms with Crippen LogP contribution in [-0.4, -0.2) is 70.8 Å². The number of pyridine rings is 1. The molecule has 0 N–H and O–H groups in total. The number of nitrogens with zero attached hydrogens (tertiary/aromatic N) is 4. The first-order chi connectivity index (χ1) is 11.8. The Morgan fingerprint density at radius 2 is 2.08 bits per heavy atom. The van der Waals surface area contributed by atoms with E-state index >= 15 is 0 Å². The minimum atomic E-state index is 0.120. The summed E-state index contributed by atoms with van der Waals surface area (Å²) in [6, 6.07) is 6.13. The Hall–Kier alpha value is -1.92. The lowest BCUT2D eigenvalue weighted by molar-refractivity contribution is 0.0166. The van der Waals surface area contributed by atoms with Crippen LogP contribution in [0.4, 0.5) is 0 Å². The van der Waals surface area contributed by atoms with Crippen LogP contribution in [0.5, 0.6) is 0 Å². The van der Waals surface area contributed by atoms with Gasteiger partial charge >= 0.3 is 0 Å². The number of carbonyl (C=O) groups is 1. The fraction of sp³-hybridized carbons (Fsp3) is 0.556. The van der Waals surface area contributed by atoms with Crippen molar-refractivity contribution in [3.8, 4) is 0 Å². The van der Waals surface area contributed by atoms with Crippen molar-refractivity contribution in [1.29, 1.82) is 0 Å². The lowest BCUT2D eigenvalue weighted by Gasteiger charge is -2.39. The molecule has 0 spiro atoms. The second-order valence-electron chi connectivity index (χ2n) is 6.65. The predicted octanol–water partition coefficient (Wildman–Crippen LogP) is 1.66. The molecule has 6 heteroatoms. The van der Waals surface area contributed by atoms with Gasteiger partial charge in [-0.15, -0.1) is 0 Å². The summed E-state index contributed by atoms with van der Waals surface area (Å²) >= 11 is 0. The molecule has 2 saturated heterocycles. The van der Waals surface area contributed by atoms with Gasteiger partial charge in [-0.2, -0.15) is 5.10 Å². The van der Waals surface area contributed by atoms with Crippen LogP contribution in [0.2, 0.25) is 0 Å². The number of carbonyl (C=O) groups excluding carboxylic acids is 1. The highest BCUT2D eigenvalue weighted by atomic mass is 16.5. The molecule has 24 heavy (non-hydrogen) atoms. The summed E-state index contributed by atoms with van der Waals surface area (Å²) in [7, 11) is 0.